The molecule has 1 N–H and O–H groups in total. The second-order valence-corrected chi connectivity index (χ2v) is 6.75. The Hall–Kier alpha value is -3.80. The van der Waals surface area contributed by atoms with Gasteiger partial charge in [-0.25, -0.2) is 4.39 Å². The number of carbonyl (C=O) groups excluding carboxylic acids is 2. The molecule has 0 bridgehead atoms. The molecule has 2 heterocycles. The maximum atomic E-state index is 13.3. The van der Waals surface area contributed by atoms with Crippen molar-refractivity contribution in [3.05, 3.63) is 101 Å². The summed E-state index contributed by atoms with van der Waals surface area (Å²) in [5.41, 5.74) is 2.16. The molecule has 1 saturated heterocycles. The minimum absolute atomic E-state index is 0.0575. The largest absolute Gasteiger partial charge is 0.507 e. The van der Waals surface area contributed by atoms with Crippen LogP contribution in [0.3, 0.4) is 0 Å². The number of aliphatic hydroxyl groups is 1. The number of hydrogen-bond donors (Lipinski definition) is 1. The molecule has 0 radical (unpaired) electrons. The van der Waals surface area contributed by atoms with Gasteiger partial charge < -0.3 is 5.11 Å². The Balaban J connectivity index is 1.96. The summed E-state index contributed by atoms with van der Waals surface area (Å²) in [7, 11) is 0. The van der Waals surface area contributed by atoms with Gasteiger partial charge >= 0.3 is 0 Å². The molecule has 0 saturated carbocycles. The monoisotopic (exact) mass is 388 g/mol. The number of halogens is 1. The molecule has 0 spiro atoms. The van der Waals surface area contributed by atoms with E-state index in [9.17, 15) is 19.1 Å². The lowest BCUT2D eigenvalue weighted by Gasteiger charge is -2.26. The van der Waals surface area contributed by atoms with E-state index in [0.717, 1.165) is 5.56 Å². The van der Waals surface area contributed by atoms with Crippen LogP contribution in [0, 0.1) is 12.7 Å². The minimum Gasteiger partial charge on any atom is -0.507 e. The number of ketones is 1. The molecule has 1 unspecified atom stereocenters. The van der Waals surface area contributed by atoms with Gasteiger partial charge in [-0.15, -0.1) is 0 Å². The van der Waals surface area contributed by atoms with E-state index in [1.54, 1.807) is 36.7 Å². The van der Waals surface area contributed by atoms with Crippen LogP contribution in [0.1, 0.15) is 22.7 Å². The number of para-hydroxylation sites is 1. The number of carbonyl (C=O) groups is 2. The van der Waals surface area contributed by atoms with Crippen LogP contribution >= 0.6 is 0 Å². The van der Waals surface area contributed by atoms with E-state index in [1.807, 2.05) is 19.1 Å². The molecular weight excluding hydrogens is 371 g/mol. The van der Waals surface area contributed by atoms with Crippen LogP contribution in [0.5, 0.6) is 0 Å². The zero-order valence-electron chi connectivity index (χ0n) is 15.5. The third kappa shape index (κ3) is 3.18. The number of Topliss-reactive ketones (excluding diaryl/α,β-unsaturated/α-hetero) is 1. The summed E-state index contributed by atoms with van der Waals surface area (Å²) >= 11 is 0. The highest BCUT2D eigenvalue weighted by Gasteiger charge is 2.47. The molecule has 1 amide bonds. The zero-order valence-corrected chi connectivity index (χ0v) is 15.5. The van der Waals surface area contributed by atoms with Gasteiger partial charge in [0.25, 0.3) is 11.7 Å². The van der Waals surface area contributed by atoms with Gasteiger partial charge in [0.2, 0.25) is 0 Å². The third-order valence-electron chi connectivity index (χ3n) is 4.94. The molecule has 4 rings (SSSR count). The van der Waals surface area contributed by atoms with Crippen molar-refractivity contribution >= 4 is 23.1 Å². The Morgan fingerprint density at radius 3 is 2.41 bits per heavy atom. The summed E-state index contributed by atoms with van der Waals surface area (Å²) in [6.07, 6.45) is 3.14. The lowest BCUT2D eigenvalue weighted by Crippen LogP contribution is -2.30. The second kappa shape index (κ2) is 7.31. The molecule has 1 atom stereocenters. The molecule has 0 aliphatic carbocycles. The van der Waals surface area contributed by atoms with E-state index in [-0.39, 0.29) is 16.9 Å². The number of rotatable bonds is 3. The van der Waals surface area contributed by atoms with Gasteiger partial charge in [-0.05, 0) is 54.4 Å². The summed E-state index contributed by atoms with van der Waals surface area (Å²) in [5.74, 6) is -2.36. The summed E-state index contributed by atoms with van der Waals surface area (Å²) in [6.45, 7) is 1.84. The number of aryl methyl sites for hydroxylation is 1. The summed E-state index contributed by atoms with van der Waals surface area (Å²) in [4.78, 5) is 31.4. The van der Waals surface area contributed by atoms with Gasteiger partial charge in [0.05, 0.1) is 11.6 Å². The number of benzene rings is 2. The normalized spacial score (nSPS) is 18.3. The van der Waals surface area contributed by atoms with Crippen LogP contribution in [-0.2, 0) is 9.59 Å². The summed E-state index contributed by atoms with van der Waals surface area (Å²) in [5, 5.41) is 10.9. The Bertz CT molecular complexity index is 1120. The van der Waals surface area contributed by atoms with Gasteiger partial charge in [0.1, 0.15) is 11.6 Å². The van der Waals surface area contributed by atoms with Crippen molar-refractivity contribution in [1.82, 2.24) is 4.98 Å². The van der Waals surface area contributed by atoms with E-state index in [0.29, 0.717) is 11.3 Å². The minimum atomic E-state index is -0.852. The van der Waals surface area contributed by atoms with Crippen LogP contribution in [-0.4, -0.2) is 21.8 Å². The average Bonchev–Trinajstić information content (AvgIpc) is 3.00. The second-order valence-electron chi connectivity index (χ2n) is 6.75. The molecule has 1 aromatic heterocycles. The quantitative estimate of drug-likeness (QED) is 0.416. The van der Waals surface area contributed by atoms with Crippen LogP contribution in [0.15, 0.2) is 78.6 Å². The first kappa shape index (κ1) is 18.6. The Morgan fingerprint density at radius 2 is 1.76 bits per heavy atom. The highest BCUT2D eigenvalue weighted by atomic mass is 19.1. The molecule has 6 heteroatoms. The molecule has 2 aromatic carbocycles. The van der Waals surface area contributed by atoms with E-state index in [4.69, 9.17) is 0 Å². The first-order valence-electron chi connectivity index (χ1n) is 9.01. The topological polar surface area (TPSA) is 70.5 Å². The first-order valence-corrected chi connectivity index (χ1v) is 9.01. The number of hydrogen-bond acceptors (Lipinski definition) is 4. The SMILES string of the molecule is Cc1ccccc1N1C(=O)C(=O)/C(=C(/O)c2ccc(F)cc2)C1c1cccnc1. The fourth-order valence-corrected chi connectivity index (χ4v) is 3.53. The maximum Gasteiger partial charge on any atom is 0.300 e. The van der Waals surface area contributed by atoms with Crippen molar-refractivity contribution in [1.29, 1.82) is 0 Å². The van der Waals surface area contributed by atoms with Gasteiger partial charge in [0, 0.05) is 23.6 Å². The summed E-state index contributed by atoms with van der Waals surface area (Å²) in [6, 6.07) is 14.9. The molecule has 29 heavy (non-hydrogen) atoms. The summed E-state index contributed by atoms with van der Waals surface area (Å²) < 4.78 is 13.3. The number of aromatic nitrogens is 1. The van der Waals surface area contributed by atoms with Crippen molar-refractivity contribution in [3.8, 4) is 0 Å². The maximum absolute atomic E-state index is 13.3. The number of nitrogens with zero attached hydrogens (tertiary/aromatic N) is 2. The van der Waals surface area contributed by atoms with Gasteiger partial charge in [-0.2, -0.15) is 0 Å². The van der Waals surface area contributed by atoms with E-state index in [2.05, 4.69) is 4.98 Å². The van der Waals surface area contributed by atoms with E-state index >= 15 is 0 Å². The zero-order chi connectivity index (χ0) is 20.5. The van der Waals surface area contributed by atoms with Crippen LogP contribution in [0.4, 0.5) is 10.1 Å². The molecule has 1 aliphatic rings. The molecular formula is C23H17FN2O3. The van der Waals surface area contributed by atoms with Crippen molar-refractivity contribution < 1.29 is 19.1 Å². The standard InChI is InChI=1S/C23H17FN2O3/c1-14-5-2-3-7-18(14)26-20(16-6-4-12-25-13-16)19(22(28)23(26)29)21(27)15-8-10-17(24)11-9-15/h2-13,20,27H,1H3/b21-19+. The Morgan fingerprint density at radius 1 is 1.03 bits per heavy atom. The molecule has 144 valence electrons. The fourth-order valence-electron chi connectivity index (χ4n) is 3.53. The van der Waals surface area contributed by atoms with Crippen LogP contribution in [0.2, 0.25) is 0 Å². The van der Waals surface area contributed by atoms with Crippen molar-refractivity contribution in [2.24, 2.45) is 0 Å². The number of pyridine rings is 1. The third-order valence-corrected chi connectivity index (χ3v) is 4.94. The molecule has 5 nitrogen and oxygen atoms in total. The highest BCUT2D eigenvalue weighted by Crippen LogP contribution is 2.42. The average molecular weight is 388 g/mol. The van der Waals surface area contributed by atoms with E-state index < -0.39 is 23.5 Å². The van der Waals surface area contributed by atoms with Crippen molar-refractivity contribution in [2.75, 3.05) is 4.90 Å². The smallest absolute Gasteiger partial charge is 0.300 e. The predicted octanol–water partition coefficient (Wildman–Crippen LogP) is 4.16. The van der Waals surface area contributed by atoms with Gasteiger partial charge in [-0.1, -0.05) is 24.3 Å². The first-order chi connectivity index (χ1) is 14.0. The Kier molecular flexibility index (Phi) is 4.68. The van der Waals surface area contributed by atoms with Crippen LogP contribution < -0.4 is 4.90 Å². The number of anilines is 1. The Labute approximate surface area is 166 Å². The molecule has 1 aliphatic heterocycles. The van der Waals surface area contributed by atoms with E-state index in [1.165, 1.54) is 29.2 Å². The lowest BCUT2D eigenvalue weighted by atomic mass is 9.96. The predicted molar refractivity (Wildman–Crippen MR) is 107 cm³/mol. The molecule has 3 aromatic rings. The molecule has 1 fully saturated rings. The van der Waals surface area contributed by atoms with Gasteiger partial charge in [-0.3, -0.25) is 19.5 Å². The van der Waals surface area contributed by atoms with Crippen molar-refractivity contribution in [2.45, 2.75) is 13.0 Å². The van der Waals surface area contributed by atoms with Crippen LogP contribution in [0.25, 0.3) is 5.76 Å². The number of aliphatic hydroxyl groups excluding tert-OH is 1. The highest BCUT2D eigenvalue weighted by molar-refractivity contribution is 6.51. The number of amides is 1. The van der Waals surface area contributed by atoms with Gasteiger partial charge in [0.15, 0.2) is 0 Å². The fraction of sp³-hybridized carbons (Fsp3) is 0.0870. The lowest BCUT2D eigenvalue weighted by molar-refractivity contribution is -0.132. The van der Waals surface area contributed by atoms with Crippen molar-refractivity contribution in [3.63, 3.8) is 0 Å².